The van der Waals surface area contributed by atoms with Gasteiger partial charge in [0.2, 0.25) is 0 Å². The van der Waals surface area contributed by atoms with Gasteiger partial charge < -0.3 is 5.32 Å². The van der Waals surface area contributed by atoms with Crippen LogP contribution >= 0.6 is 0 Å². The van der Waals surface area contributed by atoms with Gasteiger partial charge in [-0.25, -0.2) is 14.4 Å². The van der Waals surface area contributed by atoms with Crippen LogP contribution in [-0.2, 0) is 6.54 Å². The van der Waals surface area contributed by atoms with E-state index in [1.165, 1.54) is 6.07 Å². The number of rotatable bonds is 5. The fraction of sp³-hybridized carbons (Fsp3) is 0.0870. The third kappa shape index (κ3) is 3.41. The Labute approximate surface area is 172 Å². The SMILES string of the molecule is Cc1cc(-c2ccc3[nH]ncc3c2)cc(-n2ccnc2CNc2ccccc2F)n1. The normalized spacial score (nSPS) is 11.1. The first kappa shape index (κ1) is 18.1. The van der Waals surface area contributed by atoms with E-state index >= 15 is 0 Å². The van der Waals surface area contributed by atoms with Gasteiger partial charge in [-0.3, -0.25) is 9.67 Å². The molecular formula is C23H19FN6. The molecule has 148 valence electrons. The standard InChI is InChI=1S/C23H19FN6/c1-15-10-17(16-6-7-20-18(11-16)13-27-29-20)12-22(28-15)30-9-8-25-23(30)14-26-21-5-3-2-4-19(21)24/h2-13,26H,14H2,1H3,(H,27,29). The van der Waals surface area contributed by atoms with Gasteiger partial charge in [0.25, 0.3) is 0 Å². The molecule has 0 spiro atoms. The number of aromatic amines is 1. The molecule has 0 amide bonds. The van der Waals surface area contributed by atoms with Crippen molar-refractivity contribution in [2.45, 2.75) is 13.5 Å². The van der Waals surface area contributed by atoms with Gasteiger partial charge in [0.05, 0.1) is 23.9 Å². The first-order valence-electron chi connectivity index (χ1n) is 9.60. The zero-order valence-electron chi connectivity index (χ0n) is 16.3. The number of benzene rings is 2. The lowest BCUT2D eigenvalue weighted by atomic mass is 10.0. The van der Waals surface area contributed by atoms with Crippen LogP contribution in [0.25, 0.3) is 27.8 Å². The largest absolute Gasteiger partial charge is 0.375 e. The number of fused-ring (bicyclic) bond motifs is 1. The molecule has 5 rings (SSSR count). The van der Waals surface area contributed by atoms with Crippen molar-refractivity contribution in [3.8, 4) is 16.9 Å². The van der Waals surface area contributed by atoms with Crippen LogP contribution in [0.15, 0.2) is 73.2 Å². The minimum absolute atomic E-state index is 0.291. The zero-order chi connectivity index (χ0) is 20.5. The number of hydrogen-bond donors (Lipinski definition) is 2. The van der Waals surface area contributed by atoms with Crippen LogP contribution in [0.3, 0.4) is 0 Å². The summed E-state index contributed by atoms with van der Waals surface area (Å²) in [6.45, 7) is 2.34. The summed E-state index contributed by atoms with van der Waals surface area (Å²) in [5, 5.41) is 11.2. The Morgan fingerprint density at radius 1 is 1.07 bits per heavy atom. The Morgan fingerprint density at radius 2 is 1.97 bits per heavy atom. The molecule has 0 fully saturated rings. The Hall–Kier alpha value is -4.00. The van der Waals surface area contributed by atoms with E-state index in [4.69, 9.17) is 0 Å². The molecule has 0 aliphatic carbocycles. The van der Waals surface area contributed by atoms with Crippen molar-refractivity contribution in [1.82, 2.24) is 24.7 Å². The van der Waals surface area contributed by atoms with Gasteiger partial charge >= 0.3 is 0 Å². The lowest BCUT2D eigenvalue weighted by Gasteiger charge is -2.12. The molecule has 2 aromatic carbocycles. The summed E-state index contributed by atoms with van der Waals surface area (Å²) in [7, 11) is 0. The smallest absolute Gasteiger partial charge is 0.146 e. The average molecular weight is 398 g/mol. The van der Waals surface area contributed by atoms with Gasteiger partial charge in [0, 0.05) is 23.5 Å². The molecule has 0 unspecified atom stereocenters. The van der Waals surface area contributed by atoms with Crippen LogP contribution in [-0.4, -0.2) is 24.7 Å². The van der Waals surface area contributed by atoms with Gasteiger partial charge in [-0.05, 0) is 54.4 Å². The summed E-state index contributed by atoms with van der Waals surface area (Å²) in [5.41, 5.74) is 4.49. The topological polar surface area (TPSA) is 71.4 Å². The number of aryl methyl sites for hydroxylation is 1. The van der Waals surface area contributed by atoms with Crippen molar-refractivity contribution in [2.75, 3.05) is 5.32 Å². The van der Waals surface area contributed by atoms with Crippen LogP contribution in [0, 0.1) is 12.7 Å². The molecule has 2 N–H and O–H groups in total. The highest BCUT2D eigenvalue weighted by molar-refractivity contribution is 5.84. The number of nitrogens with zero attached hydrogens (tertiary/aromatic N) is 4. The van der Waals surface area contributed by atoms with E-state index in [1.807, 2.05) is 36.0 Å². The fourth-order valence-corrected chi connectivity index (χ4v) is 3.52. The highest BCUT2D eigenvalue weighted by Crippen LogP contribution is 2.26. The number of nitrogens with one attached hydrogen (secondary N) is 2. The minimum Gasteiger partial charge on any atom is -0.375 e. The van der Waals surface area contributed by atoms with E-state index in [2.05, 4.69) is 43.7 Å². The van der Waals surface area contributed by atoms with Crippen LogP contribution in [0.2, 0.25) is 0 Å². The summed E-state index contributed by atoms with van der Waals surface area (Å²) in [6, 6.07) is 16.9. The number of H-pyrrole nitrogens is 1. The second kappa shape index (κ2) is 7.44. The lowest BCUT2D eigenvalue weighted by molar-refractivity contribution is 0.629. The molecule has 3 aromatic heterocycles. The van der Waals surface area contributed by atoms with Crippen molar-refractivity contribution >= 4 is 16.6 Å². The van der Waals surface area contributed by atoms with Gasteiger partial charge in [-0.15, -0.1) is 0 Å². The molecule has 0 bridgehead atoms. The van der Waals surface area contributed by atoms with Crippen molar-refractivity contribution in [3.05, 3.63) is 90.5 Å². The van der Waals surface area contributed by atoms with E-state index in [-0.39, 0.29) is 5.82 Å². The summed E-state index contributed by atoms with van der Waals surface area (Å²) >= 11 is 0. The summed E-state index contributed by atoms with van der Waals surface area (Å²) in [6.07, 6.45) is 5.40. The number of pyridine rings is 1. The predicted molar refractivity (Wildman–Crippen MR) is 115 cm³/mol. The second-order valence-electron chi connectivity index (χ2n) is 7.07. The molecule has 0 aliphatic rings. The maximum atomic E-state index is 13.9. The van der Waals surface area contributed by atoms with Crippen LogP contribution in [0.1, 0.15) is 11.5 Å². The summed E-state index contributed by atoms with van der Waals surface area (Å²) < 4.78 is 15.8. The molecule has 0 radical (unpaired) electrons. The number of hydrogen-bond acceptors (Lipinski definition) is 4. The number of anilines is 1. The molecule has 0 aliphatic heterocycles. The molecular weight excluding hydrogens is 379 g/mol. The number of imidazole rings is 1. The molecule has 0 saturated carbocycles. The molecule has 3 heterocycles. The van der Waals surface area contributed by atoms with Gasteiger partial charge in [0.1, 0.15) is 17.5 Å². The Balaban J connectivity index is 1.48. The van der Waals surface area contributed by atoms with E-state index in [9.17, 15) is 4.39 Å². The van der Waals surface area contributed by atoms with Gasteiger partial charge in [0.15, 0.2) is 0 Å². The molecule has 0 saturated heterocycles. The number of para-hydroxylation sites is 1. The lowest BCUT2D eigenvalue weighted by Crippen LogP contribution is -2.09. The molecule has 6 nitrogen and oxygen atoms in total. The monoisotopic (exact) mass is 398 g/mol. The van der Waals surface area contributed by atoms with E-state index < -0.39 is 0 Å². The molecule has 0 atom stereocenters. The third-order valence-electron chi connectivity index (χ3n) is 4.99. The second-order valence-corrected chi connectivity index (χ2v) is 7.07. The van der Waals surface area contributed by atoms with Crippen molar-refractivity contribution < 1.29 is 4.39 Å². The molecule has 30 heavy (non-hydrogen) atoms. The zero-order valence-corrected chi connectivity index (χ0v) is 16.3. The minimum atomic E-state index is -0.291. The van der Waals surface area contributed by atoms with Crippen LogP contribution in [0.4, 0.5) is 10.1 Å². The maximum absolute atomic E-state index is 13.9. The third-order valence-corrected chi connectivity index (χ3v) is 4.99. The predicted octanol–water partition coefficient (Wildman–Crippen LogP) is 4.87. The molecule has 5 aromatic rings. The van der Waals surface area contributed by atoms with Crippen molar-refractivity contribution in [1.29, 1.82) is 0 Å². The van der Waals surface area contributed by atoms with Crippen molar-refractivity contribution in [2.24, 2.45) is 0 Å². The first-order valence-corrected chi connectivity index (χ1v) is 9.60. The quantitative estimate of drug-likeness (QED) is 0.443. The van der Waals surface area contributed by atoms with Crippen LogP contribution < -0.4 is 5.32 Å². The van der Waals surface area contributed by atoms with E-state index in [0.29, 0.717) is 12.2 Å². The van der Waals surface area contributed by atoms with E-state index in [0.717, 1.165) is 39.4 Å². The fourth-order valence-electron chi connectivity index (χ4n) is 3.52. The Kier molecular flexibility index (Phi) is 4.48. The van der Waals surface area contributed by atoms with Gasteiger partial charge in [-0.2, -0.15) is 5.10 Å². The highest BCUT2D eigenvalue weighted by Gasteiger charge is 2.11. The summed E-state index contributed by atoms with van der Waals surface area (Å²) in [5.74, 6) is 1.22. The van der Waals surface area contributed by atoms with Crippen molar-refractivity contribution in [3.63, 3.8) is 0 Å². The Bertz CT molecular complexity index is 1340. The molecule has 7 heteroatoms. The maximum Gasteiger partial charge on any atom is 0.146 e. The first-order chi connectivity index (χ1) is 14.7. The average Bonchev–Trinajstić information content (AvgIpc) is 3.41. The Morgan fingerprint density at radius 3 is 2.87 bits per heavy atom. The summed E-state index contributed by atoms with van der Waals surface area (Å²) in [4.78, 5) is 9.12. The number of halogens is 1. The van der Waals surface area contributed by atoms with E-state index in [1.54, 1.807) is 24.4 Å². The number of aromatic nitrogens is 5. The highest BCUT2D eigenvalue weighted by atomic mass is 19.1. The van der Waals surface area contributed by atoms with Gasteiger partial charge in [-0.1, -0.05) is 18.2 Å². The van der Waals surface area contributed by atoms with Crippen LogP contribution in [0.5, 0.6) is 0 Å².